The molecule has 0 aliphatic carbocycles. The normalized spacial score (nSPS) is 10.5. The van der Waals surface area contributed by atoms with Gasteiger partial charge in [0.1, 0.15) is 11.1 Å². The van der Waals surface area contributed by atoms with E-state index in [4.69, 9.17) is 0 Å². The van der Waals surface area contributed by atoms with Crippen LogP contribution in [0.2, 0.25) is 0 Å². The molecule has 0 radical (unpaired) electrons. The van der Waals surface area contributed by atoms with Crippen LogP contribution >= 0.6 is 0 Å². The number of aromatic amines is 1. The van der Waals surface area contributed by atoms with E-state index in [9.17, 15) is 19.5 Å². The lowest BCUT2D eigenvalue weighted by molar-refractivity contribution is 0.0597. The first-order chi connectivity index (χ1) is 16.0. The molecule has 0 aliphatic rings. The van der Waals surface area contributed by atoms with Crippen LogP contribution in [0.1, 0.15) is 20.7 Å². The van der Waals surface area contributed by atoms with Gasteiger partial charge in [0, 0.05) is 11.1 Å². The quantitative estimate of drug-likeness (QED) is 0.320. The van der Waals surface area contributed by atoms with Gasteiger partial charge in [-0.3, -0.25) is 9.59 Å². The summed E-state index contributed by atoms with van der Waals surface area (Å²) in [5.74, 6) is -2.00. The Labute approximate surface area is 188 Å². The minimum absolute atomic E-state index is 0.0422. The average Bonchev–Trinajstić information content (AvgIpc) is 2.85. The molecule has 1 aromatic heterocycles. The molecule has 0 aliphatic heterocycles. The second-order valence-electron chi connectivity index (χ2n) is 7.03. The second-order valence-corrected chi connectivity index (χ2v) is 7.03. The van der Waals surface area contributed by atoms with Gasteiger partial charge in [-0.25, -0.2) is 9.89 Å². The van der Waals surface area contributed by atoms with Gasteiger partial charge in [-0.15, -0.1) is 0 Å². The van der Waals surface area contributed by atoms with Gasteiger partial charge in [-0.1, -0.05) is 66.7 Å². The van der Waals surface area contributed by atoms with Crippen molar-refractivity contribution in [3.8, 4) is 28.1 Å². The van der Waals surface area contributed by atoms with Crippen molar-refractivity contribution in [3.05, 3.63) is 100 Å². The number of hydrogen-bond donors (Lipinski definition) is 3. The highest BCUT2D eigenvalue weighted by atomic mass is 16.5. The Bertz CT molecular complexity index is 1380. The molecular formula is C25H19N3O5. The van der Waals surface area contributed by atoms with Gasteiger partial charge in [-0.2, -0.15) is 5.10 Å². The van der Waals surface area contributed by atoms with Crippen LogP contribution in [0, 0.1) is 0 Å². The molecule has 0 fully saturated rings. The van der Waals surface area contributed by atoms with Gasteiger partial charge in [0.05, 0.1) is 18.5 Å². The first kappa shape index (κ1) is 21.5. The molecule has 4 rings (SSSR count). The number of anilines is 1. The number of phenols is 1. The second kappa shape index (κ2) is 9.19. The smallest absolute Gasteiger partial charge is 0.341 e. The average molecular weight is 441 g/mol. The van der Waals surface area contributed by atoms with Gasteiger partial charge in [0.2, 0.25) is 0 Å². The first-order valence-electron chi connectivity index (χ1n) is 9.96. The number of nitrogens with zero attached hydrogens (tertiary/aromatic N) is 1. The Balaban J connectivity index is 1.87. The Kier molecular flexibility index (Phi) is 5.99. The fourth-order valence-corrected chi connectivity index (χ4v) is 3.46. The Morgan fingerprint density at radius 3 is 2.18 bits per heavy atom. The number of methoxy groups -OCH3 is 1. The maximum atomic E-state index is 13.3. The van der Waals surface area contributed by atoms with Crippen LogP contribution in [-0.4, -0.2) is 34.3 Å². The number of carbonyl (C=O) groups is 2. The third-order valence-electron chi connectivity index (χ3n) is 5.01. The molecule has 0 saturated heterocycles. The maximum Gasteiger partial charge on any atom is 0.341 e. The Morgan fingerprint density at radius 2 is 1.55 bits per heavy atom. The number of aromatic nitrogens is 2. The number of benzene rings is 3. The van der Waals surface area contributed by atoms with E-state index in [0.29, 0.717) is 22.4 Å². The lowest BCUT2D eigenvalue weighted by atomic mass is 9.95. The summed E-state index contributed by atoms with van der Waals surface area (Å²) in [6, 6.07) is 22.3. The van der Waals surface area contributed by atoms with Crippen LogP contribution in [-0.2, 0) is 4.74 Å². The number of ether oxygens (including phenoxy) is 1. The van der Waals surface area contributed by atoms with E-state index in [-0.39, 0.29) is 16.8 Å². The summed E-state index contributed by atoms with van der Waals surface area (Å²) in [5, 5.41) is 19.6. The maximum absolute atomic E-state index is 13.3. The predicted octanol–water partition coefficient (Wildman–Crippen LogP) is 3.85. The largest absolute Gasteiger partial charge is 0.505 e. The number of carbonyl (C=O) groups excluding carboxylic acids is 2. The number of amides is 1. The number of rotatable bonds is 5. The van der Waals surface area contributed by atoms with Crippen molar-refractivity contribution in [3.63, 3.8) is 0 Å². The fraction of sp³-hybridized carbons (Fsp3) is 0.0400. The summed E-state index contributed by atoms with van der Waals surface area (Å²) >= 11 is 0. The molecule has 1 heterocycles. The molecule has 164 valence electrons. The zero-order valence-corrected chi connectivity index (χ0v) is 17.5. The lowest BCUT2D eigenvalue weighted by Gasteiger charge is -2.15. The molecule has 0 atom stereocenters. The topological polar surface area (TPSA) is 121 Å². The third-order valence-corrected chi connectivity index (χ3v) is 5.01. The highest BCUT2D eigenvalue weighted by molar-refractivity contribution is 6.11. The number of hydrogen-bond acceptors (Lipinski definition) is 6. The van der Waals surface area contributed by atoms with Crippen molar-refractivity contribution in [1.82, 2.24) is 10.2 Å². The van der Waals surface area contributed by atoms with Gasteiger partial charge in [0.15, 0.2) is 5.75 Å². The summed E-state index contributed by atoms with van der Waals surface area (Å²) in [5.41, 5.74) is 1.04. The summed E-state index contributed by atoms with van der Waals surface area (Å²) in [6.07, 6.45) is 0. The molecule has 3 N–H and O–H groups in total. The van der Waals surface area contributed by atoms with Crippen molar-refractivity contribution in [1.29, 1.82) is 0 Å². The zero-order chi connectivity index (χ0) is 23.4. The molecule has 0 unspecified atom stereocenters. The van der Waals surface area contributed by atoms with Crippen LogP contribution in [0.5, 0.6) is 5.75 Å². The number of esters is 1. The lowest BCUT2D eigenvalue weighted by Crippen LogP contribution is -2.26. The van der Waals surface area contributed by atoms with Gasteiger partial charge >= 0.3 is 5.97 Å². The number of H-pyrrole nitrogens is 1. The van der Waals surface area contributed by atoms with Crippen LogP contribution in [0.15, 0.2) is 83.7 Å². The van der Waals surface area contributed by atoms with Crippen LogP contribution in [0.4, 0.5) is 5.69 Å². The molecule has 1 amide bonds. The summed E-state index contributed by atoms with van der Waals surface area (Å²) in [6.45, 7) is 0. The molecule has 0 spiro atoms. The van der Waals surface area contributed by atoms with Crippen molar-refractivity contribution in [2.45, 2.75) is 0 Å². The van der Waals surface area contributed by atoms with E-state index in [1.54, 1.807) is 24.3 Å². The number of phenolic OH excluding ortho intramolecular Hbond substituents is 1. The molecular weight excluding hydrogens is 422 g/mol. The van der Waals surface area contributed by atoms with E-state index in [1.165, 1.54) is 25.3 Å². The molecule has 8 heteroatoms. The highest BCUT2D eigenvalue weighted by Crippen LogP contribution is 2.33. The molecule has 0 saturated carbocycles. The monoisotopic (exact) mass is 441 g/mol. The van der Waals surface area contributed by atoms with Crippen LogP contribution in [0.25, 0.3) is 22.4 Å². The van der Waals surface area contributed by atoms with Crippen LogP contribution < -0.4 is 10.9 Å². The van der Waals surface area contributed by atoms with Crippen LogP contribution in [0.3, 0.4) is 0 Å². The zero-order valence-electron chi connectivity index (χ0n) is 17.5. The Morgan fingerprint density at radius 1 is 0.909 bits per heavy atom. The third kappa shape index (κ3) is 4.22. The van der Waals surface area contributed by atoms with Crippen molar-refractivity contribution in [2.75, 3.05) is 12.4 Å². The van der Waals surface area contributed by atoms with Crippen molar-refractivity contribution < 1.29 is 19.4 Å². The van der Waals surface area contributed by atoms with E-state index >= 15 is 0 Å². The molecule has 0 bridgehead atoms. The van der Waals surface area contributed by atoms with Crippen molar-refractivity contribution >= 4 is 17.6 Å². The summed E-state index contributed by atoms with van der Waals surface area (Å²) < 4.78 is 4.65. The van der Waals surface area contributed by atoms with E-state index in [2.05, 4.69) is 20.3 Å². The fourth-order valence-electron chi connectivity index (χ4n) is 3.46. The molecule has 4 aromatic rings. The predicted molar refractivity (Wildman–Crippen MR) is 123 cm³/mol. The standard InChI is InChI=1S/C25H19N3O5/c1-33-25(32)17-13-8-14-18(22(17)29)26-23(30)20-19(15-9-4-2-5-10-15)21(27-28-24(20)31)16-11-6-3-7-12-16/h2-14,29H,1H3,(H,26,30)(H,28,31). The minimum atomic E-state index is -0.771. The SMILES string of the molecule is COC(=O)c1cccc(NC(=O)c2c(-c3ccccc3)c(-c3ccccc3)n[nH]c2=O)c1O. The molecule has 3 aromatic carbocycles. The van der Waals surface area contributed by atoms with Gasteiger partial charge in [-0.05, 0) is 17.7 Å². The Hall–Kier alpha value is -4.72. The highest BCUT2D eigenvalue weighted by Gasteiger charge is 2.24. The van der Waals surface area contributed by atoms with E-state index < -0.39 is 23.2 Å². The number of para-hydroxylation sites is 1. The number of nitrogens with one attached hydrogen (secondary N) is 2. The van der Waals surface area contributed by atoms with Gasteiger partial charge in [0.25, 0.3) is 11.5 Å². The van der Waals surface area contributed by atoms with E-state index in [0.717, 1.165) is 0 Å². The summed E-state index contributed by atoms with van der Waals surface area (Å²) in [7, 11) is 1.18. The van der Waals surface area contributed by atoms with E-state index in [1.807, 2.05) is 36.4 Å². The van der Waals surface area contributed by atoms with Crippen molar-refractivity contribution in [2.24, 2.45) is 0 Å². The summed E-state index contributed by atoms with van der Waals surface area (Å²) in [4.78, 5) is 38.0. The first-order valence-corrected chi connectivity index (χ1v) is 9.96. The molecule has 8 nitrogen and oxygen atoms in total. The van der Waals surface area contributed by atoms with Gasteiger partial charge < -0.3 is 15.2 Å². The molecule has 33 heavy (non-hydrogen) atoms. The number of aromatic hydroxyl groups is 1. The minimum Gasteiger partial charge on any atom is -0.505 e.